The molecular formula is C18H15BrO2. The van der Waals surface area contributed by atoms with Crippen molar-refractivity contribution < 1.29 is 9.52 Å². The first kappa shape index (κ1) is 14.1. The van der Waals surface area contributed by atoms with Crippen molar-refractivity contribution in [3.05, 3.63) is 93.9 Å². The van der Waals surface area contributed by atoms with Crippen molar-refractivity contribution in [2.45, 2.75) is 12.5 Å². The van der Waals surface area contributed by atoms with Crippen molar-refractivity contribution in [2.75, 3.05) is 0 Å². The van der Waals surface area contributed by atoms with Gasteiger partial charge >= 0.3 is 0 Å². The van der Waals surface area contributed by atoms with E-state index >= 15 is 0 Å². The van der Waals surface area contributed by atoms with Crippen LogP contribution in [0, 0.1) is 0 Å². The third-order valence-corrected chi connectivity index (χ3v) is 4.13. The van der Waals surface area contributed by atoms with Crippen LogP contribution in [0.15, 0.2) is 76.0 Å². The largest absolute Gasteiger partial charge is 0.457 e. The molecule has 2 aromatic carbocycles. The molecule has 1 unspecified atom stereocenters. The van der Waals surface area contributed by atoms with Gasteiger partial charge in [0.25, 0.3) is 0 Å². The van der Waals surface area contributed by atoms with Crippen molar-refractivity contribution in [3.8, 4) is 0 Å². The number of hydrogen-bond acceptors (Lipinski definition) is 2. The van der Waals surface area contributed by atoms with Gasteiger partial charge in [-0.25, -0.2) is 0 Å². The van der Waals surface area contributed by atoms with Gasteiger partial charge in [-0.2, -0.15) is 0 Å². The van der Waals surface area contributed by atoms with Gasteiger partial charge in [0.1, 0.15) is 6.10 Å². The van der Waals surface area contributed by atoms with Gasteiger partial charge in [0.15, 0.2) is 4.67 Å². The summed E-state index contributed by atoms with van der Waals surface area (Å²) < 4.78 is 5.74. The molecule has 3 rings (SSSR count). The number of aliphatic hydroxyl groups excluding tert-OH is 1. The highest BCUT2D eigenvalue weighted by molar-refractivity contribution is 9.10. The molecule has 1 N–H and O–H groups in total. The molecule has 0 aliphatic rings. The highest BCUT2D eigenvalue weighted by Crippen LogP contribution is 2.29. The number of benzene rings is 2. The summed E-state index contributed by atoms with van der Waals surface area (Å²) in [4.78, 5) is 0. The second-order valence-corrected chi connectivity index (χ2v) is 5.68. The molecule has 0 saturated carbocycles. The van der Waals surface area contributed by atoms with Crippen molar-refractivity contribution in [2.24, 2.45) is 0 Å². The summed E-state index contributed by atoms with van der Waals surface area (Å²) in [6, 6.07) is 20.1. The van der Waals surface area contributed by atoms with E-state index in [0.29, 0.717) is 4.67 Å². The Morgan fingerprint density at radius 1 is 0.905 bits per heavy atom. The zero-order valence-electron chi connectivity index (χ0n) is 11.4. The van der Waals surface area contributed by atoms with Gasteiger partial charge in [-0.1, -0.05) is 54.6 Å². The summed E-state index contributed by atoms with van der Waals surface area (Å²) in [6.07, 6.45) is 1.78. The normalized spacial score (nSPS) is 12.3. The SMILES string of the molecule is OC(c1ccc(Cc2ccccc2)cc1)c1ccoc1Br. The van der Waals surface area contributed by atoms with Crippen molar-refractivity contribution in [1.82, 2.24) is 0 Å². The van der Waals surface area contributed by atoms with E-state index in [1.807, 2.05) is 30.3 Å². The van der Waals surface area contributed by atoms with Crippen LogP contribution in [0.25, 0.3) is 0 Å². The third kappa shape index (κ3) is 3.26. The second kappa shape index (κ2) is 6.29. The molecule has 0 saturated heterocycles. The smallest absolute Gasteiger partial charge is 0.175 e. The van der Waals surface area contributed by atoms with Crippen LogP contribution in [-0.2, 0) is 6.42 Å². The Morgan fingerprint density at radius 2 is 1.57 bits per heavy atom. The van der Waals surface area contributed by atoms with Crippen LogP contribution in [0.4, 0.5) is 0 Å². The molecule has 3 heteroatoms. The number of aliphatic hydroxyl groups is 1. The van der Waals surface area contributed by atoms with Gasteiger partial charge in [0, 0.05) is 5.56 Å². The second-order valence-electron chi connectivity index (χ2n) is 4.96. The van der Waals surface area contributed by atoms with Crippen molar-refractivity contribution >= 4 is 15.9 Å². The van der Waals surface area contributed by atoms with Crippen LogP contribution in [0.3, 0.4) is 0 Å². The maximum atomic E-state index is 10.4. The van der Waals surface area contributed by atoms with E-state index in [4.69, 9.17) is 4.42 Å². The molecule has 0 spiro atoms. The summed E-state index contributed by atoms with van der Waals surface area (Å²) >= 11 is 3.30. The van der Waals surface area contributed by atoms with Gasteiger partial charge in [0.05, 0.1) is 6.26 Å². The molecule has 0 radical (unpaired) electrons. The van der Waals surface area contributed by atoms with Crippen LogP contribution < -0.4 is 0 Å². The highest BCUT2D eigenvalue weighted by Gasteiger charge is 2.15. The molecule has 0 bridgehead atoms. The predicted octanol–water partition coefficient (Wildman–Crippen LogP) is 4.71. The zero-order chi connectivity index (χ0) is 14.7. The summed E-state index contributed by atoms with van der Waals surface area (Å²) in [6.45, 7) is 0. The molecule has 106 valence electrons. The maximum Gasteiger partial charge on any atom is 0.175 e. The predicted molar refractivity (Wildman–Crippen MR) is 86.2 cm³/mol. The summed E-state index contributed by atoms with van der Waals surface area (Å²) in [7, 11) is 0. The molecule has 21 heavy (non-hydrogen) atoms. The molecule has 1 aromatic heterocycles. The van der Waals surface area contributed by atoms with E-state index in [9.17, 15) is 5.11 Å². The molecule has 0 aliphatic carbocycles. The Labute approximate surface area is 132 Å². The Morgan fingerprint density at radius 3 is 2.19 bits per heavy atom. The first-order valence-electron chi connectivity index (χ1n) is 6.78. The Bertz CT molecular complexity index is 702. The Kier molecular flexibility index (Phi) is 4.23. The number of furan rings is 1. The van der Waals surface area contributed by atoms with Crippen LogP contribution in [0.5, 0.6) is 0 Å². The topological polar surface area (TPSA) is 33.4 Å². The van der Waals surface area contributed by atoms with E-state index in [1.165, 1.54) is 11.1 Å². The molecular weight excluding hydrogens is 328 g/mol. The van der Waals surface area contributed by atoms with E-state index in [1.54, 1.807) is 12.3 Å². The van der Waals surface area contributed by atoms with Crippen LogP contribution in [0.1, 0.15) is 28.4 Å². The lowest BCUT2D eigenvalue weighted by Crippen LogP contribution is -1.99. The molecule has 0 amide bonds. The molecule has 0 fully saturated rings. The van der Waals surface area contributed by atoms with Gasteiger partial charge in [-0.3, -0.25) is 0 Å². The van der Waals surface area contributed by atoms with Crippen LogP contribution >= 0.6 is 15.9 Å². The molecule has 2 nitrogen and oxygen atoms in total. The fraction of sp³-hybridized carbons (Fsp3) is 0.111. The fourth-order valence-electron chi connectivity index (χ4n) is 2.33. The minimum atomic E-state index is -0.677. The van der Waals surface area contributed by atoms with Gasteiger partial charge in [-0.15, -0.1) is 0 Å². The minimum absolute atomic E-state index is 0.573. The van der Waals surface area contributed by atoms with Gasteiger partial charge < -0.3 is 9.52 Å². The Hall–Kier alpha value is -1.84. The summed E-state index contributed by atoms with van der Waals surface area (Å²) in [5.74, 6) is 0. The fourth-order valence-corrected chi connectivity index (χ4v) is 2.79. The number of rotatable bonds is 4. The van der Waals surface area contributed by atoms with Crippen LogP contribution in [0.2, 0.25) is 0 Å². The lowest BCUT2D eigenvalue weighted by molar-refractivity contribution is 0.218. The average Bonchev–Trinajstić information content (AvgIpc) is 2.94. The standard InChI is InChI=1S/C18H15BrO2/c19-18-16(10-11-21-18)17(20)15-8-6-14(7-9-15)12-13-4-2-1-3-5-13/h1-11,17,20H,12H2. The molecule has 0 aliphatic heterocycles. The van der Waals surface area contributed by atoms with E-state index < -0.39 is 6.10 Å². The maximum absolute atomic E-state index is 10.4. The minimum Gasteiger partial charge on any atom is -0.457 e. The quantitative estimate of drug-likeness (QED) is 0.744. The molecule has 3 aromatic rings. The van der Waals surface area contributed by atoms with Gasteiger partial charge in [0.2, 0.25) is 0 Å². The first-order valence-corrected chi connectivity index (χ1v) is 7.57. The Balaban J connectivity index is 1.77. The monoisotopic (exact) mass is 342 g/mol. The highest BCUT2D eigenvalue weighted by atomic mass is 79.9. The lowest BCUT2D eigenvalue weighted by atomic mass is 10.00. The average molecular weight is 343 g/mol. The summed E-state index contributed by atoms with van der Waals surface area (Å²) in [5, 5.41) is 10.4. The molecule has 1 heterocycles. The third-order valence-electron chi connectivity index (χ3n) is 3.49. The van der Waals surface area contributed by atoms with E-state index in [2.05, 4.69) is 40.2 Å². The number of hydrogen-bond donors (Lipinski definition) is 1. The molecule has 1 atom stereocenters. The zero-order valence-corrected chi connectivity index (χ0v) is 13.0. The van der Waals surface area contributed by atoms with E-state index in [-0.39, 0.29) is 0 Å². The van der Waals surface area contributed by atoms with Crippen LogP contribution in [-0.4, -0.2) is 5.11 Å². The van der Waals surface area contributed by atoms with Crippen molar-refractivity contribution in [3.63, 3.8) is 0 Å². The number of halogens is 1. The van der Waals surface area contributed by atoms with E-state index in [0.717, 1.165) is 17.5 Å². The van der Waals surface area contributed by atoms with Crippen molar-refractivity contribution in [1.29, 1.82) is 0 Å². The first-order chi connectivity index (χ1) is 10.2. The van der Waals surface area contributed by atoms with Gasteiger partial charge in [-0.05, 0) is 45.1 Å². The summed E-state index contributed by atoms with van der Waals surface area (Å²) in [5.41, 5.74) is 4.10. The lowest BCUT2D eigenvalue weighted by Gasteiger charge is -2.10.